The Balaban J connectivity index is 1.84. The van der Waals surface area contributed by atoms with Gasteiger partial charge in [0.2, 0.25) is 11.8 Å². The number of halogens is 1. The molecular formula is C36H40ClN3O5S. The number of methoxy groups -OCH3 is 1. The number of nitrogens with zero attached hydrogens (tertiary/aromatic N) is 2. The molecule has 0 aliphatic heterocycles. The van der Waals surface area contributed by atoms with E-state index in [0.29, 0.717) is 11.3 Å². The van der Waals surface area contributed by atoms with Gasteiger partial charge in [-0.2, -0.15) is 0 Å². The van der Waals surface area contributed by atoms with Crippen LogP contribution in [0.1, 0.15) is 37.5 Å². The quantitative estimate of drug-likeness (QED) is 0.189. The van der Waals surface area contributed by atoms with Crippen molar-refractivity contribution in [2.75, 3.05) is 18.0 Å². The second-order valence-corrected chi connectivity index (χ2v) is 14.4. The number of ether oxygens (including phenoxy) is 1. The second-order valence-electron chi connectivity index (χ2n) is 12.1. The van der Waals surface area contributed by atoms with Crippen molar-refractivity contribution < 1.29 is 22.7 Å². The van der Waals surface area contributed by atoms with E-state index in [2.05, 4.69) is 5.32 Å². The Morgan fingerprint density at radius 3 is 2.13 bits per heavy atom. The Hall–Kier alpha value is -4.34. The van der Waals surface area contributed by atoms with Crippen LogP contribution in [0.2, 0.25) is 5.02 Å². The lowest BCUT2D eigenvalue weighted by molar-refractivity contribution is -0.140. The minimum atomic E-state index is -4.26. The van der Waals surface area contributed by atoms with Gasteiger partial charge in [0.05, 0.1) is 22.7 Å². The Bertz CT molecular complexity index is 1760. The second kappa shape index (κ2) is 14.8. The van der Waals surface area contributed by atoms with Gasteiger partial charge in [0.25, 0.3) is 10.0 Å². The Morgan fingerprint density at radius 2 is 1.50 bits per heavy atom. The lowest BCUT2D eigenvalue weighted by atomic mass is 10.0. The van der Waals surface area contributed by atoms with E-state index in [-0.39, 0.29) is 34.5 Å². The zero-order valence-corrected chi connectivity index (χ0v) is 28.3. The van der Waals surface area contributed by atoms with Gasteiger partial charge in [0, 0.05) is 18.5 Å². The van der Waals surface area contributed by atoms with Crippen LogP contribution >= 0.6 is 11.6 Å². The highest BCUT2D eigenvalue weighted by atomic mass is 35.5. The topological polar surface area (TPSA) is 96.0 Å². The summed E-state index contributed by atoms with van der Waals surface area (Å²) < 4.78 is 34.8. The summed E-state index contributed by atoms with van der Waals surface area (Å²) in [6, 6.07) is 28.5. The van der Waals surface area contributed by atoms with E-state index in [1.54, 1.807) is 61.7 Å². The molecule has 242 valence electrons. The van der Waals surface area contributed by atoms with Gasteiger partial charge in [0.1, 0.15) is 18.3 Å². The molecule has 0 aromatic heterocycles. The summed E-state index contributed by atoms with van der Waals surface area (Å²) in [4.78, 5) is 30.0. The third-order valence-electron chi connectivity index (χ3n) is 7.27. The number of rotatable bonds is 12. The predicted octanol–water partition coefficient (Wildman–Crippen LogP) is 6.41. The summed E-state index contributed by atoms with van der Waals surface area (Å²) in [5, 5.41) is 3.19. The van der Waals surface area contributed by atoms with Crippen LogP contribution in [0.25, 0.3) is 0 Å². The molecule has 1 N–H and O–H groups in total. The maximum atomic E-state index is 14.6. The fourth-order valence-electron chi connectivity index (χ4n) is 4.98. The summed E-state index contributed by atoms with van der Waals surface area (Å²) >= 11 is 6.55. The summed E-state index contributed by atoms with van der Waals surface area (Å²) in [7, 11) is -2.71. The van der Waals surface area contributed by atoms with Crippen molar-refractivity contribution in [2.24, 2.45) is 0 Å². The Kier molecular flexibility index (Phi) is 11.1. The summed E-state index contributed by atoms with van der Waals surface area (Å²) in [6.45, 7) is 6.88. The lowest BCUT2D eigenvalue weighted by Gasteiger charge is -2.35. The molecule has 0 aliphatic carbocycles. The Morgan fingerprint density at radius 1 is 0.870 bits per heavy atom. The highest BCUT2D eigenvalue weighted by molar-refractivity contribution is 7.92. The molecule has 4 rings (SSSR count). The van der Waals surface area contributed by atoms with Crippen LogP contribution in [0.3, 0.4) is 0 Å². The van der Waals surface area contributed by atoms with E-state index < -0.39 is 34.1 Å². The first-order chi connectivity index (χ1) is 21.8. The maximum Gasteiger partial charge on any atom is 0.264 e. The van der Waals surface area contributed by atoms with Crippen molar-refractivity contribution in [1.82, 2.24) is 10.2 Å². The zero-order chi connectivity index (χ0) is 33.5. The third kappa shape index (κ3) is 8.89. The first-order valence-electron chi connectivity index (χ1n) is 14.9. The normalized spacial score (nSPS) is 12.2. The molecule has 0 spiro atoms. The number of hydrogen-bond donors (Lipinski definition) is 1. The molecule has 0 fully saturated rings. The molecule has 0 unspecified atom stereocenters. The molecule has 2 amide bonds. The van der Waals surface area contributed by atoms with Gasteiger partial charge in [0.15, 0.2) is 0 Å². The van der Waals surface area contributed by atoms with Gasteiger partial charge in [-0.3, -0.25) is 13.9 Å². The molecule has 0 aliphatic rings. The average Bonchev–Trinajstić information content (AvgIpc) is 3.01. The highest BCUT2D eigenvalue weighted by Crippen LogP contribution is 2.31. The number of aryl methyl sites for hydroxylation is 1. The van der Waals surface area contributed by atoms with E-state index in [9.17, 15) is 18.0 Å². The molecule has 1 atom stereocenters. The number of amides is 2. The van der Waals surface area contributed by atoms with Gasteiger partial charge in [-0.15, -0.1) is 0 Å². The van der Waals surface area contributed by atoms with Crippen molar-refractivity contribution >= 4 is 39.1 Å². The maximum absolute atomic E-state index is 14.6. The molecule has 0 saturated carbocycles. The monoisotopic (exact) mass is 661 g/mol. The van der Waals surface area contributed by atoms with Crippen molar-refractivity contribution in [2.45, 2.75) is 57.1 Å². The summed E-state index contributed by atoms with van der Waals surface area (Å²) in [6.07, 6.45) is 0.204. The standard InChI is InChI=1S/C36H40ClN3O5S/c1-26-18-20-30(21-19-26)46(43,44)40(32-17-10-9-16-31(32)37)25-34(41)39(24-28-14-11-15-29(22-28)45-5)33(35(42)38-36(2,3)4)23-27-12-7-6-8-13-27/h6-22,33H,23-25H2,1-5H3,(H,38,42)/t33-/m1/s1. The van der Waals surface area contributed by atoms with Gasteiger partial charge in [-0.05, 0) is 75.2 Å². The number of hydrogen-bond acceptors (Lipinski definition) is 5. The number of sulfonamides is 1. The minimum Gasteiger partial charge on any atom is -0.497 e. The summed E-state index contributed by atoms with van der Waals surface area (Å²) in [5.41, 5.74) is 2.00. The van der Waals surface area contributed by atoms with E-state index in [4.69, 9.17) is 16.3 Å². The molecule has 46 heavy (non-hydrogen) atoms. The number of benzene rings is 4. The molecule has 10 heteroatoms. The molecule has 4 aromatic rings. The molecule has 0 radical (unpaired) electrons. The molecule has 8 nitrogen and oxygen atoms in total. The lowest BCUT2D eigenvalue weighted by Crippen LogP contribution is -2.56. The molecule has 0 bridgehead atoms. The first kappa shape index (κ1) is 34.5. The molecule has 0 saturated heterocycles. The molecule has 4 aromatic carbocycles. The van der Waals surface area contributed by atoms with E-state index in [1.807, 2.05) is 64.1 Å². The van der Waals surface area contributed by atoms with Crippen molar-refractivity contribution in [3.63, 3.8) is 0 Å². The average molecular weight is 662 g/mol. The number of anilines is 1. The fourth-order valence-corrected chi connectivity index (χ4v) is 6.70. The zero-order valence-electron chi connectivity index (χ0n) is 26.7. The molecular weight excluding hydrogens is 622 g/mol. The number of para-hydroxylation sites is 1. The predicted molar refractivity (Wildman–Crippen MR) is 183 cm³/mol. The van der Waals surface area contributed by atoms with Gasteiger partial charge in [-0.25, -0.2) is 8.42 Å². The summed E-state index contributed by atoms with van der Waals surface area (Å²) in [5.74, 6) is -0.356. The van der Waals surface area contributed by atoms with E-state index in [0.717, 1.165) is 15.4 Å². The van der Waals surface area contributed by atoms with E-state index in [1.165, 1.54) is 17.0 Å². The first-order valence-corrected chi connectivity index (χ1v) is 16.7. The number of nitrogens with one attached hydrogen (secondary N) is 1. The highest BCUT2D eigenvalue weighted by Gasteiger charge is 2.36. The smallest absolute Gasteiger partial charge is 0.264 e. The van der Waals surface area contributed by atoms with Crippen molar-refractivity contribution in [3.8, 4) is 5.75 Å². The van der Waals surface area contributed by atoms with Crippen LogP contribution in [-0.2, 0) is 32.6 Å². The Labute approximate surface area is 277 Å². The van der Waals surface area contributed by atoms with E-state index >= 15 is 0 Å². The van der Waals surface area contributed by atoms with Gasteiger partial charge < -0.3 is 15.0 Å². The van der Waals surface area contributed by atoms with Crippen LogP contribution in [0, 0.1) is 6.92 Å². The minimum absolute atomic E-state index is 0.0106. The van der Waals surface area contributed by atoms with Crippen LogP contribution in [0.4, 0.5) is 5.69 Å². The number of carbonyl (C=O) groups is 2. The van der Waals surface area contributed by atoms with Crippen molar-refractivity contribution in [1.29, 1.82) is 0 Å². The number of carbonyl (C=O) groups excluding carboxylic acids is 2. The SMILES string of the molecule is COc1cccc(CN(C(=O)CN(c2ccccc2Cl)S(=O)(=O)c2ccc(C)cc2)[C@H](Cc2ccccc2)C(=O)NC(C)(C)C)c1. The van der Waals surface area contributed by atoms with Crippen LogP contribution in [-0.4, -0.2) is 50.4 Å². The molecule has 0 heterocycles. The van der Waals surface area contributed by atoms with Crippen LogP contribution < -0.4 is 14.4 Å². The van der Waals surface area contributed by atoms with Gasteiger partial charge >= 0.3 is 0 Å². The van der Waals surface area contributed by atoms with Gasteiger partial charge in [-0.1, -0.05) is 83.9 Å². The third-order valence-corrected chi connectivity index (χ3v) is 9.36. The van der Waals surface area contributed by atoms with Crippen LogP contribution in [0.15, 0.2) is 108 Å². The largest absolute Gasteiger partial charge is 0.497 e. The van der Waals surface area contributed by atoms with Crippen molar-refractivity contribution in [3.05, 3.63) is 125 Å². The van der Waals surface area contributed by atoms with Crippen LogP contribution in [0.5, 0.6) is 5.75 Å². The fraction of sp³-hybridized carbons (Fsp3) is 0.278.